The third-order valence-electron chi connectivity index (χ3n) is 4.07. The third kappa shape index (κ3) is 2.73. The van der Waals surface area contributed by atoms with Crippen LogP contribution in [0.5, 0.6) is 0 Å². The van der Waals surface area contributed by atoms with Crippen molar-refractivity contribution < 1.29 is 4.39 Å². The van der Waals surface area contributed by atoms with Gasteiger partial charge in [-0.25, -0.2) is 4.39 Å². The second-order valence-corrected chi connectivity index (χ2v) is 5.60. The van der Waals surface area contributed by atoms with Crippen molar-refractivity contribution in [2.24, 2.45) is 0 Å². The van der Waals surface area contributed by atoms with Crippen LogP contribution < -0.4 is 5.32 Å². The predicted octanol–water partition coefficient (Wildman–Crippen LogP) is 3.30. The molecule has 0 radical (unpaired) electrons. The molecule has 0 bridgehead atoms. The van der Waals surface area contributed by atoms with E-state index in [0.717, 1.165) is 18.4 Å². The number of halogens is 1. The molecule has 20 heavy (non-hydrogen) atoms. The molecule has 3 rings (SSSR count). The monoisotopic (exact) mass is 270 g/mol. The minimum absolute atomic E-state index is 0.0930. The van der Waals surface area contributed by atoms with Gasteiger partial charge < -0.3 is 5.32 Å². The molecule has 1 aromatic carbocycles. The van der Waals surface area contributed by atoms with Gasteiger partial charge in [0.25, 0.3) is 0 Å². The highest BCUT2D eigenvalue weighted by Gasteiger charge is 2.33. The second kappa shape index (κ2) is 5.71. The maximum atomic E-state index is 14.0. The first-order chi connectivity index (χ1) is 9.74. The molecule has 1 N–H and O–H groups in total. The van der Waals surface area contributed by atoms with Crippen molar-refractivity contribution >= 4 is 0 Å². The largest absolute Gasteiger partial charge is 0.311 e. The van der Waals surface area contributed by atoms with Crippen LogP contribution in [-0.2, 0) is 6.42 Å². The van der Waals surface area contributed by atoms with Gasteiger partial charge in [-0.3, -0.25) is 4.98 Å². The van der Waals surface area contributed by atoms with Gasteiger partial charge in [0.2, 0.25) is 0 Å². The van der Waals surface area contributed by atoms with Crippen molar-refractivity contribution in [3.05, 3.63) is 65.7 Å². The molecule has 1 aliphatic heterocycles. The minimum atomic E-state index is -0.0930. The Kier molecular flexibility index (Phi) is 3.79. The molecular weight excluding hydrogens is 251 g/mol. The molecule has 0 saturated carbocycles. The Labute approximate surface area is 119 Å². The number of benzene rings is 1. The fourth-order valence-electron chi connectivity index (χ4n) is 3.19. The van der Waals surface area contributed by atoms with E-state index in [0.29, 0.717) is 6.04 Å². The zero-order valence-corrected chi connectivity index (χ0v) is 11.6. The summed E-state index contributed by atoms with van der Waals surface area (Å²) in [5.74, 6) is 0.135. The predicted molar refractivity (Wildman–Crippen MR) is 78.1 cm³/mol. The Morgan fingerprint density at radius 2 is 2.10 bits per heavy atom. The van der Waals surface area contributed by atoms with Gasteiger partial charge in [0, 0.05) is 30.4 Å². The van der Waals surface area contributed by atoms with Crippen LogP contribution >= 0.6 is 0 Å². The lowest BCUT2D eigenvalue weighted by molar-refractivity contribution is 0.508. The number of rotatable bonds is 3. The van der Waals surface area contributed by atoms with Crippen LogP contribution in [0.2, 0.25) is 0 Å². The summed E-state index contributed by atoms with van der Waals surface area (Å²) in [6.07, 6.45) is 5.54. The number of nitrogens with one attached hydrogen (secondary N) is 1. The molecule has 1 saturated heterocycles. The molecule has 3 atom stereocenters. The summed E-state index contributed by atoms with van der Waals surface area (Å²) < 4.78 is 14.0. The van der Waals surface area contributed by atoms with Crippen LogP contribution in [0.3, 0.4) is 0 Å². The Bertz CT molecular complexity index is 570. The number of pyridine rings is 1. The molecule has 1 aromatic heterocycles. The van der Waals surface area contributed by atoms with E-state index in [1.807, 2.05) is 24.4 Å². The van der Waals surface area contributed by atoms with Gasteiger partial charge in [-0.1, -0.05) is 24.3 Å². The molecule has 1 aliphatic rings. The van der Waals surface area contributed by atoms with Crippen LogP contribution in [0.1, 0.15) is 30.4 Å². The lowest BCUT2D eigenvalue weighted by atomic mass is 9.87. The molecule has 1 fully saturated rings. The van der Waals surface area contributed by atoms with E-state index in [-0.39, 0.29) is 17.8 Å². The SMILES string of the molecule is CC1CC(c2ccccc2F)C(Cc2cccnc2)N1. The van der Waals surface area contributed by atoms with E-state index >= 15 is 0 Å². The summed E-state index contributed by atoms with van der Waals surface area (Å²) in [4.78, 5) is 4.16. The molecule has 0 amide bonds. The molecule has 0 aliphatic carbocycles. The van der Waals surface area contributed by atoms with Gasteiger partial charge in [0.1, 0.15) is 5.82 Å². The first-order valence-electron chi connectivity index (χ1n) is 7.13. The summed E-state index contributed by atoms with van der Waals surface area (Å²) in [6, 6.07) is 11.9. The molecule has 0 spiro atoms. The van der Waals surface area contributed by atoms with Gasteiger partial charge in [0.15, 0.2) is 0 Å². The standard InChI is InChI=1S/C17H19FN2/c1-12-9-15(14-6-2-3-7-16(14)18)17(20-12)10-13-5-4-8-19-11-13/h2-8,11-12,15,17,20H,9-10H2,1H3. The fraction of sp³-hybridized carbons (Fsp3) is 0.353. The molecule has 3 heteroatoms. The topological polar surface area (TPSA) is 24.9 Å². The van der Waals surface area contributed by atoms with Crippen molar-refractivity contribution in [2.45, 2.75) is 37.8 Å². The molecule has 3 unspecified atom stereocenters. The first-order valence-corrected chi connectivity index (χ1v) is 7.13. The van der Waals surface area contributed by atoms with Crippen LogP contribution in [0.25, 0.3) is 0 Å². The third-order valence-corrected chi connectivity index (χ3v) is 4.07. The molecule has 2 heterocycles. The molecule has 2 nitrogen and oxygen atoms in total. The molecule has 2 aromatic rings. The van der Waals surface area contributed by atoms with Crippen molar-refractivity contribution in [1.82, 2.24) is 10.3 Å². The van der Waals surface area contributed by atoms with E-state index in [4.69, 9.17) is 0 Å². The summed E-state index contributed by atoms with van der Waals surface area (Å²) in [7, 11) is 0. The lowest BCUT2D eigenvalue weighted by Gasteiger charge is -2.20. The molecular formula is C17H19FN2. The van der Waals surface area contributed by atoms with Gasteiger partial charge in [-0.2, -0.15) is 0 Å². The van der Waals surface area contributed by atoms with Gasteiger partial charge in [-0.05, 0) is 43.0 Å². The highest BCUT2D eigenvalue weighted by molar-refractivity contribution is 5.26. The van der Waals surface area contributed by atoms with Crippen LogP contribution in [-0.4, -0.2) is 17.1 Å². The Balaban J connectivity index is 1.84. The fourth-order valence-corrected chi connectivity index (χ4v) is 3.19. The minimum Gasteiger partial charge on any atom is -0.311 e. The van der Waals surface area contributed by atoms with E-state index in [1.54, 1.807) is 18.3 Å². The quantitative estimate of drug-likeness (QED) is 0.925. The highest BCUT2D eigenvalue weighted by atomic mass is 19.1. The molecule has 104 valence electrons. The van der Waals surface area contributed by atoms with E-state index in [1.165, 1.54) is 5.56 Å². The number of nitrogens with zero attached hydrogens (tertiary/aromatic N) is 1. The summed E-state index contributed by atoms with van der Waals surface area (Å²) >= 11 is 0. The number of aromatic nitrogens is 1. The zero-order chi connectivity index (χ0) is 13.9. The number of hydrogen-bond donors (Lipinski definition) is 1. The van der Waals surface area contributed by atoms with Crippen LogP contribution in [0.15, 0.2) is 48.8 Å². The van der Waals surface area contributed by atoms with Crippen LogP contribution in [0.4, 0.5) is 4.39 Å². The maximum Gasteiger partial charge on any atom is 0.126 e. The van der Waals surface area contributed by atoms with Crippen molar-refractivity contribution in [1.29, 1.82) is 0 Å². The lowest BCUT2D eigenvalue weighted by Crippen LogP contribution is -2.31. The van der Waals surface area contributed by atoms with Gasteiger partial charge in [-0.15, -0.1) is 0 Å². The smallest absolute Gasteiger partial charge is 0.126 e. The normalized spacial score (nSPS) is 25.8. The van der Waals surface area contributed by atoms with E-state index in [2.05, 4.69) is 23.3 Å². The summed E-state index contributed by atoms with van der Waals surface area (Å²) in [6.45, 7) is 2.16. The average molecular weight is 270 g/mol. The van der Waals surface area contributed by atoms with Gasteiger partial charge in [0.05, 0.1) is 0 Å². The Morgan fingerprint density at radius 1 is 1.25 bits per heavy atom. The second-order valence-electron chi connectivity index (χ2n) is 5.60. The Morgan fingerprint density at radius 3 is 2.85 bits per heavy atom. The number of hydrogen-bond acceptors (Lipinski definition) is 2. The van der Waals surface area contributed by atoms with Crippen LogP contribution in [0, 0.1) is 5.82 Å². The van der Waals surface area contributed by atoms with E-state index < -0.39 is 0 Å². The average Bonchev–Trinajstić information content (AvgIpc) is 2.81. The zero-order valence-electron chi connectivity index (χ0n) is 11.6. The first kappa shape index (κ1) is 13.3. The highest BCUT2D eigenvalue weighted by Crippen LogP contribution is 2.33. The maximum absolute atomic E-state index is 14.0. The summed E-state index contributed by atoms with van der Waals surface area (Å²) in [5.41, 5.74) is 2.03. The van der Waals surface area contributed by atoms with E-state index in [9.17, 15) is 4.39 Å². The van der Waals surface area contributed by atoms with Crippen molar-refractivity contribution in [2.75, 3.05) is 0 Å². The van der Waals surface area contributed by atoms with Gasteiger partial charge >= 0.3 is 0 Å². The Hall–Kier alpha value is -1.74. The summed E-state index contributed by atoms with van der Waals surface area (Å²) in [5, 5.41) is 3.58. The van der Waals surface area contributed by atoms with Crippen molar-refractivity contribution in [3.8, 4) is 0 Å². The van der Waals surface area contributed by atoms with Crippen molar-refractivity contribution in [3.63, 3.8) is 0 Å².